The van der Waals surface area contributed by atoms with Gasteiger partial charge in [-0.1, -0.05) is 30.3 Å². The van der Waals surface area contributed by atoms with E-state index in [2.05, 4.69) is 5.32 Å². The molecule has 10 heteroatoms. The standard InChI is InChI=1S/C17H16N2O7S/c20-17-18-15(10-12-4-2-1-3-5-12)16(26-17)11-25-27(23,24)14-8-6-13(7-9-14)19(21)22/h1-9,15-16H,10-11H2,(H,18,20). The highest BCUT2D eigenvalue weighted by Crippen LogP contribution is 2.20. The SMILES string of the molecule is O=C1NC(Cc2ccccc2)C(COS(=O)(=O)c2ccc([N+](=O)[O-])cc2)O1. The van der Waals surface area contributed by atoms with E-state index in [1.54, 1.807) is 0 Å². The molecule has 9 nitrogen and oxygen atoms in total. The van der Waals surface area contributed by atoms with E-state index in [0.717, 1.165) is 29.8 Å². The minimum absolute atomic E-state index is 0.218. The quantitative estimate of drug-likeness (QED) is 0.434. The molecule has 142 valence electrons. The number of carbonyl (C=O) groups is 1. The lowest BCUT2D eigenvalue weighted by Gasteiger charge is -2.17. The number of benzene rings is 2. The maximum Gasteiger partial charge on any atom is 0.407 e. The average Bonchev–Trinajstić information content (AvgIpc) is 3.00. The van der Waals surface area contributed by atoms with Crippen LogP contribution in [0.4, 0.5) is 10.5 Å². The van der Waals surface area contributed by atoms with E-state index in [4.69, 9.17) is 8.92 Å². The third-order valence-electron chi connectivity index (χ3n) is 4.03. The van der Waals surface area contributed by atoms with E-state index >= 15 is 0 Å². The van der Waals surface area contributed by atoms with Crippen molar-refractivity contribution in [2.45, 2.75) is 23.5 Å². The Morgan fingerprint density at radius 1 is 1.11 bits per heavy atom. The summed E-state index contributed by atoms with van der Waals surface area (Å²) in [5.41, 5.74) is 0.724. The molecule has 0 bridgehead atoms. The van der Waals surface area contributed by atoms with Crippen LogP contribution in [0.25, 0.3) is 0 Å². The zero-order valence-corrected chi connectivity index (χ0v) is 14.8. The molecule has 2 atom stereocenters. The molecule has 0 aliphatic carbocycles. The van der Waals surface area contributed by atoms with Gasteiger partial charge in [-0.15, -0.1) is 0 Å². The lowest BCUT2D eigenvalue weighted by Crippen LogP contribution is -2.36. The number of non-ortho nitro benzene ring substituents is 1. The monoisotopic (exact) mass is 392 g/mol. The Kier molecular flexibility index (Phi) is 5.38. The third kappa shape index (κ3) is 4.60. The smallest absolute Gasteiger partial charge is 0.407 e. The number of amides is 1. The Labute approximate surface area is 155 Å². The van der Waals surface area contributed by atoms with E-state index < -0.39 is 33.3 Å². The molecular weight excluding hydrogens is 376 g/mol. The second-order valence-electron chi connectivity index (χ2n) is 5.87. The Balaban J connectivity index is 1.66. The number of hydrogen-bond acceptors (Lipinski definition) is 7. The van der Waals surface area contributed by atoms with E-state index in [1.165, 1.54) is 0 Å². The van der Waals surface area contributed by atoms with E-state index in [1.807, 2.05) is 30.3 Å². The highest BCUT2D eigenvalue weighted by Gasteiger charge is 2.35. The number of carbonyl (C=O) groups excluding carboxylic acids is 1. The van der Waals surface area contributed by atoms with Crippen LogP contribution in [-0.4, -0.2) is 38.2 Å². The lowest BCUT2D eigenvalue weighted by atomic mass is 10.0. The molecule has 1 N–H and O–H groups in total. The molecule has 0 aromatic heterocycles. The number of nitro groups is 1. The van der Waals surface area contributed by atoms with Gasteiger partial charge in [-0.25, -0.2) is 4.79 Å². The molecule has 1 aliphatic rings. The Hall–Kier alpha value is -2.98. The van der Waals surface area contributed by atoms with Gasteiger partial charge in [-0.2, -0.15) is 8.42 Å². The first-order valence-corrected chi connectivity index (χ1v) is 9.41. The first-order valence-electron chi connectivity index (χ1n) is 8.00. The third-order valence-corrected chi connectivity index (χ3v) is 5.33. The van der Waals surface area contributed by atoms with Gasteiger partial charge in [0.15, 0.2) is 0 Å². The molecule has 27 heavy (non-hydrogen) atoms. The van der Waals surface area contributed by atoms with Crippen LogP contribution in [0.1, 0.15) is 5.56 Å². The molecular formula is C17H16N2O7S. The van der Waals surface area contributed by atoms with Gasteiger partial charge in [-0.05, 0) is 24.1 Å². The van der Waals surface area contributed by atoms with Crippen molar-refractivity contribution in [3.63, 3.8) is 0 Å². The number of hydrogen-bond donors (Lipinski definition) is 1. The first kappa shape index (κ1) is 18.8. The summed E-state index contributed by atoms with van der Waals surface area (Å²) < 4.78 is 34.6. The van der Waals surface area contributed by atoms with Crippen molar-refractivity contribution in [3.05, 3.63) is 70.3 Å². The largest absolute Gasteiger partial charge is 0.442 e. The number of nitrogens with zero attached hydrogens (tertiary/aromatic N) is 1. The molecule has 2 aromatic rings. The van der Waals surface area contributed by atoms with Crippen molar-refractivity contribution in [2.75, 3.05) is 6.61 Å². The summed E-state index contributed by atoms with van der Waals surface area (Å²) in [5.74, 6) is 0. The van der Waals surface area contributed by atoms with Crippen LogP contribution in [0.5, 0.6) is 0 Å². The van der Waals surface area contributed by atoms with Crippen LogP contribution >= 0.6 is 0 Å². The van der Waals surface area contributed by atoms with Gasteiger partial charge < -0.3 is 10.1 Å². The average molecular weight is 392 g/mol. The fourth-order valence-corrected chi connectivity index (χ4v) is 3.58. The number of ether oxygens (including phenoxy) is 1. The summed E-state index contributed by atoms with van der Waals surface area (Å²) in [6.07, 6.45) is -0.971. The summed E-state index contributed by atoms with van der Waals surface area (Å²) in [5, 5.41) is 13.3. The summed E-state index contributed by atoms with van der Waals surface area (Å²) in [4.78, 5) is 21.3. The van der Waals surface area contributed by atoms with E-state index in [-0.39, 0.29) is 17.2 Å². The molecule has 3 rings (SSSR count). The van der Waals surface area contributed by atoms with Crippen LogP contribution in [0, 0.1) is 10.1 Å². The lowest BCUT2D eigenvalue weighted by molar-refractivity contribution is -0.384. The van der Waals surface area contributed by atoms with Crippen LogP contribution < -0.4 is 5.32 Å². The van der Waals surface area contributed by atoms with Crippen molar-refractivity contribution in [1.29, 1.82) is 0 Å². The molecule has 2 unspecified atom stereocenters. The molecule has 0 spiro atoms. The van der Waals surface area contributed by atoms with Crippen molar-refractivity contribution >= 4 is 21.9 Å². The molecule has 0 saturated carbocycles. The maximum atomic E-state index is 12.3. The topological polar surface area (TPSA) is 125 Å². The Morgan fingerprint density at radius 2 is 1.78 bits per heavy atom. The van der Waals surface area contributed by atoms with Gasteiger partial charge in [0.05, 0.1) is 15.9 Å². The number of nitrogens with one attached hydrogen (secondary N) is 1. The van der Waals surface area contributed by atoms with Gasteiger partial charge in [0, 0.05) is 12.1 Å². The normalized spacial score (nSPS) is 19.3. The summed E-state index contributed by atoms with van der Waals surface area (Å²) in [6, 6.07) is 13.2. The molecule has 1 amide bonds. The van der Waals surface area contributed by atoms with Crippen molar-refractivity contribution in [2.24, 2.45) is 0 Å². The first-order chi connectivity index (χ1) is 12.8. The highest BCUT2D eigenvalue weighted by molar-refractivity contribution is 7.86. The summed E-state index contributed by atoms with van der Waals surface area (Å²) in [7, 11) is -4.15. The predicted molar refractivity (Wildman–Crippen MR) is 93.6 cm³/mol. The zero-order valence-electron chi connectivity index (χ0n) is 14.0. The number of alkyl carbamates (subject to hydrolysis) is 1. The minimum atomic E-state index is -4.15. The molecule has 0 radical (unpaired) electrons. The van der Waals surface area contributed by atoms with Gasteiger partial charge in [0.1, 0.15) is 12.7 Å². The fraction of sp³-hybridized carbons (Fsp3) is 0.235. The van der Waals surface area contributed by atoms with Gasteiger partial charge in [0.25, 0.3) is 15.8 Å². The molecule has 1 saturated heterocycles. The van der Waals surface area contributed by atoms with Crippen LogP contribution in [0.15, 0.2) is 59.5 Å². The minimum Gasteiger partial charge on any atom is -0.442 e. The second-order valence-corrected chi connectivity index (χ2v) is 7.49. The van der Waals surface area contributed by atoms with Crippen LogP contribution in [-0.2, 0) is 25.5 Å². The van der Waals surface area contributed by atoms with E-state index in [9.17, 15) is 23.3 Å². The number of cyclic esters (lactones) is 1. The van der Waals surface area contributed by atoms with Crippen LogP contribution in [0.2, 0.25) is 0 Å². The van der Waals surface area contributed by atoms with Gasteiger partial charge in [-0.3, -0.25) is 14.3 Å². The van der Waals surface area contributed by atoms with Crippen molar-refractivity contribution < 1.29 is 27.1 Å². The molecule has 1 heterocycles. The van der Waals surface area contributed by atoms with Crippen molar-refractivity contribution in [1.82, 2.24) is 5.32 Å². The maximum absolute atomic E-state index is 12.3. The molecule has 1 aliphatic heterocycles. The highest BCUT2D eigenvalue weighted by atomic mass is 32.2. The fourth-order valence-electron chi connectivity index (χ4n) is 2.66. The predicted octanol–water partition coefficient (Wildman–Crippen LogP) is 2.02. The molecule has 2 aromatic carbocycles. The Morgan fingerprint density at radius 3 is 2.41 bits per heavy atom. The summed E-state index contributed by atoms with van der Waals surface area (Å²) >= 11 is 0. The summed E-state index contributed by atoms with van der Waals surface area (Å²) in [6.45, 7) is -0.366. The van der Waals surface area contributed by atoms with Gasteiger partial charge in [0.2, 0.25) is 0 Å². The number of rotatable bonds is 7. The molecule has 1 fully saturated rings. The van der Waals surface area contributed by atoms with Crippen LogP contribution in [0.3, 0.4) is 0 Å². The van der Waals surface area contributed by atoms with E-state index in [0.29, 0.717) is 6.42 Å². The van der Waals surface area contributed by atoms with Crippen molar-refractivity contribution in [3.8, 4) is 0 Å². The Bertz CT molecular complexity index is 930. The second kappa shape index (κ2) is 7.72. The zero-order chi connectivity index (χ0) is 19.4. The number of nitro benzene ring substituents is 1. The van der Waals surface area contributed by atoms with Gasteiger partial charge >= 0.3 is 6.09 Å².